The van der Waals surface area contributed by atoms with Gasteiger partial charge in [-0.3, -0.25) is 0 Å². The van der Waals surface area contributed by atoms with Crippen molar-refractivity contribution in [2.45, 2.75) is 49.4 Å². The van der Waals surface area contributed by atoms with Crippen molar-refractivity contribution in [3.8, 4) is 0 Å². The van der Waals surface area contributed by atoms with Crippen LogP contribution in [0.25, 0.3) is 0 Å². The van der Waals surface area contributed by atoms with E-state index in [0.29, 0.717) is 31.9 Å². The third-order valence-corrected chi connectivity index (χ3v) is 9.81. The van der Waals surface area contributed by atoms with E-state index in [9.17, 15) is 10.2 Å². The van der Waals surface area contributed by atoms with E-state index in [1.807, 2.05) is 50.5 Å². The molecule has 2 aromatic carbocycles. The Labute approximate surface area is 235 Å². The van der Waals surface area contributed by atoms with Gasteiger partial charge in [0.2, 0.25) is 0 Å². The number of hydrogen-bond donors (Lipinski definition) is 4. The summed E-state index contributed by atoms with van der Waals surface area (Å²) in [5.74, 6) is 0.587. The van der Waals surface area contributed by atoms with Gasteiger partial charge in [0.25, 0.3) is 0 Å². The standard InChI is InChI=1S/2C14H19Cl2NO/c2*1-17-9-14(6-2-3-11(14)8-18)10-4-5-12(15)13(16)7-10/h2*4-5,7,11,17-18H,2-3,6,8-9H2,1H3/t2*11-,14+/m10/s1. The minimum absolute atomic E-state index is 0.0161. The van der Waals surface area contributed by atoms with E-state index in [4.69, 9.17) is 46.4 Å². The summed E-state index contributed by atoms with van der Waals surface area (Å²) in [6.07, 6.45) is 6.59. The molecule has 4 atom stereocenters. The second kappa shape index (κ2) is 13.5. The summed E-state index contributed by atoms with van der Waals surface area (Å²) < 4.78 is 0. The highest BCUT2D eigenvalue weighted by Crippen LogP contribution is 2.47. The van der Waals surface area contributed by atoms with E-state index in [2.05, 4.69) is 10.6 Å². The molecule has 8 heteroatoms. The van der Waals surface area contributed by atoms with Gasteiger partial charge in [-0.25, -0.2) is 0 Å². The van der Waals surface area contributed by atoms with Crippen LogP contribution in [0.15, 0.2) is 36.4 Å². The van der Waals surface area contributed by atoms with Gasteiger partial charge in [-0.1, -0.05) is 71.4 Å². The van der Waals surface area contributed by atoms with Gasteiger partial charge in [0.05, 0.1) is 20.1 Å². The summed E-state index contributed by atoms with van der Waals surface area (Å²) in [7, 11) is 3.90. The lowest BCUT2D eigenvalue weighted by Crippen LogP contribution is -2.41. The third kappa shape index (κ3) is 6.18. The van der Waals surface area contributed by atoms with Crippen LogP contribution in [-0.2, 0) is 10.8 Å². The van der Waals surface area contributed by atoms with Crippen molar-refractivity contribution in [3.63, 3.8) is 0 Å². The highest BCUT2D eigenvalue weighted by Gasteiger charge is 2.44. The minimum Gasteiger partial charge on any atom is -0.396 e. The second-order valence-electron chi connectivity index (χ2n) is 10.2. The lowest BCUT2D eigenvalue weighted by Gasteiger charge is -2.35. The quantitative estimate of drug-likeness (QED) is 0.291. The molecule has 2 aliphatic carbocycles. The van der Waals surface area contributed by atoms with E-state index < -0.39 is 0 Å². The molecule has 0 aliphatic heterocycles. The number of likely N-dealkylation sites (N-methyl/N-ethyl adjacent to an activating group) is 2. The van der Waals surface area contributed by atoms with Crippen LogP contribution in [0.2, 0.25) is 20.1 Å². The van der Waals surface area contributed by atoms with Crippen LogP contribution in [0.4, 0.5) is 0 Å². The number of benzene rings is 2. The Balaban J connectivity index is 0.000000201. The molecule has 2 saturated carbocycles. The van der Waals surface area contributed by atoms with E-state index in [1.54, 1.807) is 0 Å². The van der Waals surface area contributed by atoms with Crippen molar-refractivity contribution in [1.82, 2.24) is 10.6 Å². The van der Waals surface area contributed by atoms with E-state index in [1.165, 1.54) is 11.1 Å². The fourth-order valence-corrected chi connectivity index (χ4v) is 7.09. The van der Waals surface area contributed by atoms with Crippen molar-refractivity contribution < 1.29 is 10.2 Å². The maximum Gasteiger partial charge on any atom is 0.0595 e. The molecule has 0 saturated heterocycles. The molecule has 0 heterocycles. The number of aliphatic hydroxyl groups is 2. The van der Waals surface area contributed by atoms with Crippen LogP contribution in [0.5, 0.6) is 0 Å². The molecule has 36 heavy (non-hydrogen) atoms. The lowest BCUT2D eigenvalue weighted by molar-refractivity contribution is 0.169. The molecule has 0 aromatic heterocycles. The molecule has 2 aromatic rings. The van der Waals surface area contributed by atoms with Crippen molar-refractivity contribution >= 4 is 46.4 Å². The van der Waals surface area contributed by atoms with Gasteiger partial charge in [-0.05, 0) is 87.0 Å². The van der Waals surface area contributed by atoms with Crippen LogP contribution in [-0.4, -0.2) is 50.6 Å². The summed E-state index contributed by atoms with van der Waals surface area (Å²) in [6.45, 7) is 2.16. The number of halogens is 4. The summed E-state index contributed by atoms with van der Waals surface area (Å²) >= 11 is 24.2. The summed E-state index contributed by atoms with van der Waals surface area (Å²) in [5.41, 5.74) is 2.33. The summed E-state index contributed by atoms with van der Waals surface area (Å²) in [5, 5.41) is 28.1. The van der Waals surface area contributed by atoms with E-state index in [-0.39, 0.29) is 24.0 Å². The first kappa shape index (κ1) is 30.0. The molecule has 0 bridgehead atoms. The largest absolute Gasteiger partial charge is 0.396 e. The van der Waals surface area contributed by atoms with Crippen LogP contribution >= 0.6 is 46.4 Å². The van der Waals surface area contributed by atoms with Crippen molar-refractivity contribution in [2.24, 2.45) is 11.8 Å². The zero-order chi connectivity index (χ0) is 26.3. The first-order valence-corrected chi connectivity index (χ1v) is 14.2. The molecule has 0 spiro atoms. The third-order valence-electron chi connectivity index (χ3n) is 8.33. The van der Waals surface area contributed by atoms with E-state index >= 15 is 0 Å². The van der Waals surface area contributed by atoms with Crippen LogP contribution in [0, 0.1) is 11.8 Å². The molecule has 200 valence electrons. The number of rotatable bonds is 8. The molecule has 4 N–H and O–H groups in total. The zero-order valence-electron chi connectivity index (χ0n) is 21.1. The molecule has 0 unspecified atom stereocenters. The Morgan fingerprint density at radius 2 is 1.08 bits per heavy atom. The van der Waals surface area contributed by atoms with Gasteiger partial charge >= 0.3 is 0 Å². The highest BCUT2D eigenvalue weighted by molar-refractivity contribution is 6.42. The van der Waals surface area contributed by atoms with Gasteiger partial charge < -0.3 is 20.8 Å². The smallest absolute Gasteiger partial charge is 0.0595 e. The van der Waals surface area contributed by atoms with Crippen molar-refractivity contribution in [3.05, 3.63) is 67.6 Å². The van der Waals surface area contributed by atoms with Gasteiger partial charge in [0, 0.05) is 37.1 Å². The summed E-state index contributed by atoms with van der Waals surface area (Å²) in [4.78, 5) is 0. The Hall–Kier alpha value is -0.560. The first-order valence-electron chi connectivity index (χ1n) is 12.7. The second-order valence-corrected chi connectivity index (χ2v) is 11.8. The molecule has 4 rings (SSSR count). The fraction of sp³-hybridized carbons (Fsp3) is 0.571. The SMILES string of the molecule is CNC[C@@]1(c2ccc(Cl)c(Cl)c2)CCC[C@H]1CO.CNC[C@]1(c2ccc(Cl)c(Cl)c2)CCC[C@@H]1CO. The number of aliphatic hydroxyl groups excluding tert-OH is 2. The summed E-state index contributed by atoms with van der Waals surface area (Å²) in [6, 6.07) is 11.7. The molecular formula is C28H38Cl4N2O2. The van der Waals surface area contributed by atoms with Gasteiger partial charge in [-0.2, -0.15) is 0 Å². The Bertz CT molecular complexity index is 928. The first-order chi connectivity index (χ1) is 17.3. The Morgan fingerprint density at radius 1 is 0.694 bits per heavy atom. The predicted octanol–water partition coefficient (Wildman–Crippen LogP) is 6.49. The van der Waals surface area contributed by atoms with Crippen LogP contribution in [0.1, 0.15) is 49.7 Å². The topological polar surface area (TPSA) is 64.5 Å². The Morgan fingerprint density at radius 3 is 1.39 bits per heavy atom. The predicted molar refractivity (Wildman–Crippen MR) is 153 cm³/mol. The lowest BCUT2D eigenvalue weighted by atomic mass is 9.72. The van der Waals surface area contributed by atoms with Crippen molar-refractivity contribution in [2.75, 3.05) is 40.4 Å². The maximum absolute atomic E-state index is 9.63. The Kier molecular flexibility index (Phi) is 11.2. The molecule has 2 fully saturated rings. The van der Waals surface area contributed by atoms with Crippen LogP contribution in [0.3, 0.4) is 0 Å². The molecular weight excluding hydrogens is 538 g/mol. The molecule has 0 radical (unpaired) electrons. The molecule has 0 amide bonds. The normalized spacial score (nSPS) is 27.7. The fourth-order valence-electron chi connectivity index (χ4n) is 6.49. The number of nitrogens with one attached hydrogen (secondary N) is 2. The van der Waals surface area contributed by atoms with Crippen molar-refractivity contribution in [1.29, 1.82) is 0 Å². The maximum atomic E-state index is 9.63. The van der Waals surface area contributed by atoms with Gasteiger partial charge in [0.15, 0.2) is 0 Å². The average molecular weight is 576 g/mol. The monoisotopic (exact) mass is 574 g/mol. The average Bonchev–Trinajstić information content (AvgIpc) is 3.48. The van der Waals surface area contributed by atoms with E-state index in [0.717, 1.165) is 51.6 Å². The van der Waals surface area contributed by atoms with Gasteiger partial charge in [-0.15, -0.1) is 0 Å². The minimum atomic E-state index is -0.0161. The molecule has 2 aliphatic rings. The van der Waals surface area contributed by atoms with Gasteiger partial charge in [0.1, 0.15) is 0 Å². The van der Waals surface area contributed by atoms with Crippen LogP contribution < -0.4 is 10.6 Å². The zero-order valence-corrected chi connectivity index (χ0v) is 24.1. The molecule has 4 nitrogen and oxygen atoms in total. The number of hydrogen-bond acceptors (Lipinski definition) is 4. The highest BCUT2D eigenvalue weighted by atomic mass is 35.5.